The summed E-state index contributed by atoms with van der Waals surface area (Å²) >= 11 is 0. The fourth-order valence-electron chi connectivity index (χ4n) is 0.845. The first-order valence-electron chi connectivity index (χ1n) is 3.99. The molecule has 0 unspecified atom stereocenters. The van der Waals surface area contributed by atoms with Gasteiger partial charge >= 0.3 is 0 Å². The van der Waals surface area contributed by atoms with E-state index in [-0.39, 0.29) is 12.1 Å². The van der Waals surface area contributed by atoms with Crippen LogP contribution in [-0.2, 0) is 4.79 Å². The summed E-state index contributed by atoms with van der Waals surface area (Å²) in [6, 6.07) is 0. The van der Waals surface area contributed by atoms with Gasteiger partial charge in [0.05, 0.1) is 6.17 Å². The largest absolute Gasteiger partial charge is 0.352 e. The molecule has 0 heterocycles. The van der Waals surface area contributed by atoms with Crippen molar-refractivity contribution in [1.29, 1.82) is 0 Å². The predicted molar refractivity (Wildman–Crippen MR) is 49.7 cm³/mol. The summed E-state index contributed by atoms with van der Waals surface area (Å²) in [6.45, 7) is 4.01. The molecule has 1 amide bonds. The van der Waals surface area contributed by atoms with Crippen LogP contribution < -0.4 is 16.0 Å². The second-order valence-electron chi connectivity index (χ2n) is 2.41. The van der Waals surface area contributed by atoms with Gasteiger partial charge in [0, 0.05) is 6.54 Å². The third-order valence-corrected chi connectivity index (χ3v) is 1.61. The number of hydrogen-bond donors (Lipinski definition) is 3. The van der Waals surface area contributed by atoms with Crippen LogP contribution in [0.5, 0.6) is 0 Å². The quantitative estimate of drug-likeness (QED) is 0.371. The molecule has 4 nitrogen and oxygen atoms in total. The van der Waals surface area contributed by atoms with Crippen LogP contribution in [0.1, 0.15) is 6.42 Å². The predicted octanol–water partition coefficient (Wildman–Crippen LogP) is -0.556. The molecule has 0 radical (unpaired) electrons. The molecule has 0 rings (SSSR count). The van der Waals surface area contributed by atoms with Gasteiger partial charge in [-0.05, 0) is 26.6 Å². The van der Waals surface area contributed by atoms with Gasteiger partial charge in [0.2, 0.25) is 5.91 Å². The third-order valence-electron chi connectivity index (χ3n) is 1.61. The summed E-state index contributed by atoms with van der Waals surface area (Å²) in [4.78, 5) is 10.7. The Morgan fingerprint density at radius 1 is 1.50 bits per heavy atom. The Labute approximate surface area is 73.4 Å². The van der Waals surface area contributed by atoms with Gasteiger partial charge in [0.1, 0.15) is 0 Å². The van der Waals surface area contributed by atoms with E-state index in [9.17, 15) is 4.79 Å². The SMILES string of the molecule is C=CC(=O)NCCC(NC)NC. The molecular formula is C8H17N3O. The highest BCUT2D eigenvalue weighted by Crippen LogP contribution is 1.82. The van der Waals surface area contributed by atoms with E-state index >= 15 is 0 Å². The molecule has 70 valence electrons. The average molecular weight is 171 g/mol. The molecule has 0 aliphatic rings. The number of carbonyl (C=O) groups excluding carboxylic acids is 1. The molecule has 0 aliphatic heterocycles. The molecule has 0 aliphatic carbocycles. The Bertz CT molecular complexity index is 143. The monoisotopic (exact) mass is 171 g/mol. The highest BCUT2D eigenvalue weighted by molar-refractivity contribution is 5.86. The van der Waals surface area contributed by atoms with Crippen molar-refractivity contribution in [2.45, 2.75) is 12.6 Å². The lowest BCUT2D eigenvalue weighted by molar-refractivity contribution is -0.116. The lowest BCUT2D eigenvalue weighted by atomic mass is 10.3. The van der Waals surface area contributed by atoms with Gasteiger partial charge in [-0.15, -0.1) is 0 Å². The zero-order valence-corrected chi connectivity index (χ0v) is 7.68. The van der Waals surface area contributed by atoms with Crippen molar-refractivity contribution in [2.24, 2.45) is 0 Å². The first-order valence-corrected chi connectivity index (χ1v) is 3.99. The Kier molecular flexibility index (Phi) is 6.32. The van der Waals surface area contributed by atoms with Gasteiger partial charge in [-0.3, -0.25) is 4.79 Å². The molecule has 3 N–H and O–H groups in total. The molecule has 0 aromatic heterocycles. The molecule has 0 saturated heterocycles. The van der Waals surface area contributed by atoms with Gasteiger partial charge in [-0.2, -0.15) is 0 Å². The summed E-state index contributed by atoms with van der Waals surface area (Å²) in [6.07, 6.45) is 2.37. The standard InChI is InChI=1S/C8H17N3O/c1-4-8(12)11-6-5-7(9-2)10-3/h4,7,9-10H,1,5-6H2,2-3H3,(H,11,12). The van der Waals surface area contributed by atoms with Crippen LogP contribution in [-0.4, -0.2) is 32.7 Å². The van der Waals surface area contributed by atoms with Crippen molar-refractivity contribution in [3.8, 4) is 0 Å². The Morgan fingerprint density at radius 3 is 2.50 bits per heavy atom. The average Bonchev–Trinajstić information content (AvgIpc) is 2.12. The summed E-state index contributed by atoms with van der Waals surface area (Å²) in [5.41, 5.74) is 0. The van der Waals surface area contributed by atoms with Crippen LogP contribution in [0.4, 0.5) is 0 Å². The van der Waals surface area contributed by atoms with Crippen molar-refractivity contribution in [1.82, 2.24) is 16.0 Å². The van der Waals surface area contributed by atoms with Gasteiger partial charge in [0.25, 0.3) is 0 Å². The summed E-state index contributed by atoms with van der Waals surface area (Å²) < 4.78 is 0. The maximum absolute atomic E-state index is 10.7. The van der Waals surface area contributed by atoms with E-state index in [1.54, 1.807) is 0 Å². The van der Waals surface area contributed by atoms with E-state index in [4.69, 9.17) is 0 Å². The van der Waals surface area contributed by atoms with Crippen molar-refractivity contribution >= 4 is 5.91 Å². The molecule has 0 aromatic carbocycles. The van der Waals surface area contributed by atoms with Gasteiger partial charge < -0.3 is 16.0 Å². The van der Waals surface area contributed by atoms with E-state index < -0.39 is 0 Å². The lowest BCUT2D eigenvalue weighted by Crippen LogP contribution is -2.40. The first-order chi connectivity index (χ1) is 5.74. The highest BCUT2D eigenvalue weighted by Gasteiger charge is 2.01. The van der Waals surface area contributed by atoms with Gasteiger partial charge in [-0.1, -0.05) is 6.58 Å². The number of hydrogen-bond acceptors (Lipinski definition) is 3. The minimum Gasteiger partial charge on any atom is -0.352 e. The minimum absolute atomic E-state index is 0.124. The molecule has 0 aromatic rings. The molecule has 0 atom stereocenters. The van der Waals surface area contributed by atoms with Gasteiger partial charge in [0.15, 0.2) is 0 Å². The zero-order valence-electron chi connectivity index (χ0n) is 7.68. The van der Waals surface area contributed by atoms with E-state index in [2.05, 4.69) is 22.5 Å². The zero-order chi connectivity index (χ0) is 9.40. The van der Waals surface area contributed by atoms with E-state index in [0.717, 1.165) is 6.42 Å². The maximum Gasteiger partial charge on any atom is 0.243 e. The van der Waals surface area contributed by atoms with Gasteiger partial charge in [-0.25, -0.2) is 0 Å². The molecule has 4 heteroatoms. The third kappa shape index (κ3) is 4.87. The molecular weight excluding hydrogens is 154 g/mol. The summed E-state index contributed by atoms with van der Waals surface area (Å²) in [5, 5.41) is 8.80. The number of nitrogens with one attached hydrogen (secondary N) is 3. The van der Waals surface area contributed by atoms with Crippen LogP contribution in [0, 0.1) is 0 Å². The normalized spacial score (nSPS) is 9.92. The first kappa shape index (κ1) is 11.1. The molecule has 0 fully saturated rings. The van der Waals surface area contributed by atoms with Crippen LogP contribution in [0.25, 0.3) is 0 Å². The Morgan fingerprint density at radius 2 is 2.08 bits per heavy atom. The second kappa shape index (κ2) is 6.82. The number of amides is 1. The summed E-state index contributed by atoms with van der Waals surface area (Å²) in [5.74, 6) is -0.124. The van der Waals surface area contributed by atoms with E-state index in [0.29, 0.717) is 6.54 Å². The molecule has 0 spiro atoms. The minimum atomic E-state index is -0.124. The van der Waals surface area contributed by atoms with Crippen LogP contribution in [0.2, 0.25) is 0 Å². The van der Waals surface area contributed by atoms with Crippen molar-refractivity contribution < 1.29 is 4.79 Å². The van der Waals surface area contributed by atoms with E-state index in [1.807, 2.05) is 14.1 Å². The van der Waals surface area contributed by atoms with Crippen LogP contribution >= 0.6 is 0 Å². The van der Waals surface area contributed by atoms with E-state index in [1.165, 1.54) is 6.08 Å². The topological polar surface area (TPSA) is 53.2 Å². The summed E-state index contributed by atoms with van der Waals surface area (Å²) in [7, 11) is 3.74. The van der Waals surface area contributed by atoms with Crippen molar-refractivity contribution in [3.05, 3.63) is 12.7 Å². The lowest BCUT2D eigenvalue weighted by Gasteiger charge is -2.14. The van der Waals surface area contributed by atoms with Crippen LogP contribution in [0.15, 0.2) is 12.7 Å². The van der Waals surface area contributed by atoms with Crippen molar-refractivity contribution in [2.75, 3.05) is 20.6 Å². The second-order valence-corrected chi connectivity index (χ2v) is 2.41. The maximum atomic E-state index is 10.7. The molecule has 0 saturated carbocycles. The fourth-order valence-corrected chi connectivity index (χ4v) is 0.845. The molecule has 12 heavy (non-hydrogen) atoms. The van der Waals surface area contributed by atoms with Crippen molar-refractivity contribution in [3.63, 3.8) is 0 Å². The number of carbonyl (C=O) groups is 1. The van der Waals surface area contributed by atoms with Crippen LogP contribution in [0.3, 0.4) is 0 Å². The number of rotatable bonds is 6. The highest BCUT2D eigenvalue weighted by atomic mass is 16.1. The molecule has 0 bridgehead atoms. The fraction of sp³-hybridized carbons (Fsp3) is 0.625. The smallest absolute Gasteiger partial charge is 0.243 e. The Balaban J connectivity index is 3.40. The Hall–Kier alpha value is -0.870.